The van der Waals surface area contributed by atoms with Gasteiger partial charge >= 0.3 is 0 Å². The summed E-state index contributed by atoms with van der Waals surface area (Å²) in [5.74, 6) is 0.784. The minimum Gasteiger partial charge on any atom is -0.411 e. The number of nitrogens with one attached hydrogen (secondary N) is 1. The number of nitrogens with zero attached hydrogens (tertiary/aromatic N) is 2. The number of hydrogen-bond donors (Lipinski definition) is 2. The lowest BCUT2D eigenvalue weighted by Crippen LogP contribution is -2.06. The van der Waals surface area contributed by atoms with Crippen LogP contribution in [0.2, 0.25) is 0 Å². The van der Waals surface area contributed by atoms with Crippen molar-refractivity contribution >= 4 is 5.71 Å². The highest BCUT2D eigenvalue weighted by Crippen LogP contribution is 2.05. The normalized spacial score (nSPS) is 11.6. The van der Waals surface area contributed by atoms with Crippen LogP contribution in [0.3, 0.4) is 0 Å². The molecule has 0 amide bonds. The number of rotatable bonds is 3. The van der Waals surface area contributed by atoms with E-state index in [0.29, 0.717) is 12.1 Å². The van der Waals surface area contributed by atoms with Crippen molar-refractivity contribution in [2.75, 3.05) is 0 Å². The highest BCUT2D eigenvalue weighted by Gasteiger charge is 2.06. The van der Waals surface area contributed by atoms with E-state index in [-0.39, 0.29) is 0 Å². The number of aromatic amines is 1. The van der Waals surface area contributed by atoms with Gasteiger partial charge in [-0.15, -0.1) is 0 Å². The van der Waals surface area contributed by atoms with Crippen LogP contribution in [0, 0.1) is 0 Å². The molecule has 2 rings (SSSR count). The fourth-order valence-electron chi connectivity index (χ4n) is 1.38. The number of imidazole rings is 1. The van der Waals surface area contributed by atoms with Crippen molar-refractivity contribution in [2.45, 2.75) is 6.42 Å². The molecular weight excluding hydrogens is 190 g/mol. The van der Waals surface area contributed by atoms with Crippen LogP contribution < -0.4 is 0 Å². The summed E-state index contributed by atoms with van der Waals surface area (Å²) in [7, 11) is 0. The smallest absolute Gasteiger partial charge is 0.112 e. The molecule has 0 atom stereocenters. The first-order chi connectivity index (χ1) is 7.40. The number of H-pyrrole nitrogens is 1. The van der Waals surface area contributed by atoms with E-state index in [4.69, 9.17) is 5.21 Å². The average Bonchev–Trinajstić information content (AvgIpc) is 2.80. The third kappa shape index (κ3) is 2.22. The van der Waals surface area contributed by atoms with E-state index in [1.165, 1.54) is 0 Å². The Morgan fingerprint density at radius 2 is 2.13 bits per heavy atom. The summed E-state index contributed by atoms with van der Waals surface area (Å²) in [5, 5.41) is 12.2. The maximum atomic E-state index is 8.92. The van der Waals surface area contributed by atoms with Crippen molar-refractivity contribution in [1.82, 2.24) is 9.97 Å². The van der Waals surface area contributed by atoms with Gasteiger partial charge in [-0.05, 0) is 5.56 Å². The zero-order valence-corrected chi connectivity index (χ0v) is 8.09. The van der Waals surface area contributed by atoms with Gasteiger partial charge in [0.25, 0.3) is 0 Å². The van der Waals surface area contributed by atoms with Gasteiger partial charge in [0.05, 0.1) is 12.1 Å². The molecule has 0 saturated carbocycles. The Labute approximate surface area is 87.3 Å². The van der Waals surface area contributed by atoms with Crippen LogP contribution in [0.15, 0.2) is 47.9 Å². The number of benzene rings is 1. The van der Waals surface area contributed by atoms with Gasteiger partial charge in [-0.25, -0.2) is 4.98 Å². The van der Waals surface area contributed by atoms with Gasteiger partial charge in [0.2, 0.25) is 0 Å². The van der Waals surface area contributed by atoms with Gasteiger partial charge in [0, 0.05) is 12.4 Å². The van der Waals surface area contributed by atoms with Crippen molar-refractivity contribution < 1.29 is 5.21 Å². The number of hydrogen-bond acceptors (Lipinski definition) is 3. The number of oxime groups is 1. The fraction of sp³-hybridized carbons (Fsp3) is 0.0909. The van der Waals surface area contributed by atoms with Gasteiger partial charge in [0.1, 0.15) is 5.82 Å². The number of aromatic nitrogens is 2. The van der Waals surface area contributed by atoms with E-state index in [1.807, 2.05) is 30.3 Å². The van der Waals surface area contributed by atoms with Crippen LogP contribution >= 0.6 is 0 Å². The first-order valence-electron chi connectivity index (χ1n) is 4.65. The Bertz CT molecular complexity index is 434. The molecule has 76 valence electrons. The average molecular weight is 201 g/mol. The van der Waals surface area contributed by atoms with Gasteiger partial charge in [0.15, 0.2) is 0 Å². The first kappa shape index (κ1) is 9.45. The highest BCUT2D eigenvalue weighted by molar-refractivity contribution is 6.01. The van der Waals surface area contributed by atoms with Crippen LogP contribution in [0.4, 0.5) is 0 Å². The summed E-state index contributed by atoms with van der Waals surface area (Å²) >= 11 is 0. The van der Waals surface area contributed by atoms with E-state index < -0.39 is 0 Å². The van der Waals surface area contributed by atoms with Gasteiger partial charge in [-0.1, -0.05) is 35.5 Å². The second kappa shape index (κ2) is 4.41. The fourth-order valence-corrected chi connectivity index (χ4v) is 1.38. The Hall–Kier alpha value is -2.10. The van der Waals surface area contributed by atoms with Crippen molar-refractivity contribution in [1.29, 1.82) is 0 Å². The van der Waals surface area contributed by atoms with Crippen LogP contribution in [0.25, 0.3) is 0 Å². The topological polar surface area (TPSA) is 61.3 Å². The molecule has 0 fully saturated rings. The van der Waals surface area contributed by atoms with Crippen molar-refractivity contribution in [3.05, 3.63) is 54.1 Å². The monoisotopic (exact) mass is 201 g/mol. The minimum absolute atomic E-state index is 0.494. The molecule has 0 radical (unpaired) electrons. The lowest BCUT2D eigenvalue weighted by molar-refractivity contribution is 0.318. The summed E-state index contributed by atoms with van der Waals surface area (Å²) < 4.78 is 0. The molecular formula is C11H11N3O. The van der Waals surface area contributed by atoms with Crippen LogP contribution in [-0.2, 0) is 6.42 Å². The molecule has 0 unspecified atom stereocenters. The summed E-state index contributed by atoms with van der Waals surface area (Å²) in [6.45, 7) is 0. The Balaban J connectivity index is 2.20. The molecule has 0 saturated heterocycles. The molecule has 4 nitrogen and oxygen atoms in total. The standard InChI is InChI=1S/C11H11N3O/c15-14-10(8-11-12-6-7-13-11)9-4-2-1-3-5-9/h1-7,15H,8H2,(H,12,13)/b14-10-. The van der Waals surface area contributed by atoms with Crippen LogP contribution in [0.1, 0.15) is 11.4 Å². The molecule has 0 aliphatic heterocycles. The van der Waals surface area contributed by atoms with Gasteiger partial charge in [-0.3, -0.25) is 0 Å². The molecule has 15 heavy (non-hydrogen) atoms. The predicted molar refractivity (Wildman–Crippen MR) is 57.1 cm³/mol. The Morgan fingerprint density at radius 3 is 2.73 bits per heavy atom. The van der Waals surface area contributed by atoms with Crippen LogP contribution in [0.5, 0.6) is 0 Å². The molecule has 1 heterocycles. The molecule has 0 aliphatic rings. The van der Waals surface area contributed by atoms with Gasteiger partial charge in [-0.2, -0.15) is 0 Å². The minimum atomic E-state index is 0.494. The Kier molecular flexibility index (Phi) is 2.78. The maximum Gasteiger partial charge on any atom is 0.112 e. The van der Waals surface area contributed by atoms with E-state index in [2.05, 4.69) is 15.1 Å². The largest absolute Gasteiger partial charge is 0.411 e. The van der Waals surface area contributed by atoms with E-state index in [1.54, 1.807) is 12.4 Å². The summed E-state index contributed by atoms with van der Waals surface area (Å²) in [6, 6.07) is 9.53. The molecule has 4 heteroatoms. The summed E-state index contributed by atoms with van der Waals surface area (Å²) in [5.41, 5.74) is 1.50. The molecule has 0 spiro atoms. The molecule has 2 aromatic rings. The predicted octanol–water partition coefficient (Wildman–Crippen LogP) is 1.83. The Morgan fingerprint density at radius 1 is 1.33 bits per heavy atom. The molecule has 1 aromatic heterocycles. The maximum absolute atomic E-state index is 8.92. The van der Waals surface area contributed by atoms with E-state index in [0.717, 1.165) is 11.4 Å². The lowest BCUT2D eigenvalue weighted by Gasteiger charge is -2.01. The lowest BCUT2D eigenvalue weighted by atomic mass is 10.1. The highest BCUT2D eigenvalue weighted by atomic mass is 16.4. The van der Waals surface area contributed by atoms with E-state index in [9.17, 15) is 0 Å². The summed E-state index contributed by atoms with van der Waals surface area (Å²) in [6.07, 6.45) is 3.91. The zero-order valence-electron chi connectivity index (χ0n) is 8.09. The van der Waals surface area contributed by atoms with Crippen molar-refractivity contribution in [3.63, 3.8) is 0 Å². The van der Waals surface area contributed by atoms with Crippen molar-refractivity contribution in [2.24, 2.45) is 5.16 Å². The second-order valence-electron chi connectivity index (χ2n) is 3.13. The van der Waals surface area contributed by atoms with Crippen LogP contribution in [-0.4, -0.2) is 20.9 Å². The zero-order chi connectivity index (χ0) is 10.5. The summed E-state index contributed by atoms with van der Waals surface area (Å²) in [4.78, 5) is 7.05. The third-order valence-electron chi connectivity index (χ3n) is 2.12. The second-order valence-corrected chi connectivity index (χ2v) is 3.13. The SMILES string of the molecule is O/N=C(/Cc1ncc[nH]1)c1ccccc1. The first-order valence-corrected chi connectivity index (χ1v) is 4.65. The van der Waals surface area contributed by atoms with Gasteiger partial charge < -0.3 is 10.2 Å². The molecule has 0 bridgehead atoms. The molecule has 1 aromatic carbocycles. The van der Waals surface area contributed by atoms with E-state index >= 15 is 0 Å². The van der Waals surface area contributed by atoms with Crippen molar-refractivity contribution in [3.8, 4) is 0 Å². The third-order valence-corrected chi connectivity index (χ3v) is 2.12. The quantitative estimate of drug-likeness (QED) is 0.452. The molecule has 2 N–H and O–H groups in total. The molecule has 0 aliphatic carbocycles.